The van der Waals surface area contributed by atoms with Gasteiger partial charge in [-0.3, -0.25) is 9.80 Å². The quantitative estimate of drug-likeness (QED) is 0.375. The molecule has 44 heavy (non-hydrogen) atoms. The SMILES string of the molecule is COc1ccc(-c2nnc3n2C2(CCN(Cc4ccc(C)s4)CC2)CN(C)C3)cc1.O=C(O)C(F)(F)F.O=C(O)C(F)(F)F. The number of methoxy groups -OCH3 is 1. The van der Waals surface area contributed by atoms with Gasteiger partial charge in [0, 0.05) is 41.5 Å². The standard InChI is InChI=1S/C23H29N5OS.2C2HF3O2/c1-17-4-9-20(30-17)14-27-12-10-23(11-13-27)16-26(2)15-21-24-25-22(28(21)23)18-5-7-19(29-3)8-6-18;2*3-2(4,5)1(6)7/h4-9H,10-16H2,1-3H3;2*(H,6,7). The summed E-state index contributed by atoms with van der Waals surface area (Å²) >= 11 is 1.92. The van der Waals surface area contributed by atoms with Crippen LogP contribution in [-0.2, 0) is 28.2 Å². The molecule has 0 radical (unpaired) electrons. The van der Waals surface area contributed by atoms with E-state index in [2.05, 4.69) is 62.8 Å². The molecule has 0 aliphatic carbocycles. The van der Waals surface area contributed by atoms with E-state index >= 15 is 0 Å². The van der Waals surface area contributed by atoms with Gasteiger partial charge in [-0.15, -0.1) is 21.5 Å². The fourth-order valence-corrected chi connectivity index (χ4v) is 5.95. The molecule has 10 nitrogen and oxygen atoms in total. The Hall–Kier alpha value is -3.70. The molecule has 5 rings (SSSR count). The number of halogens is 6. The van der Waals surface area contributed by atoms with Crippen molar-refractivity contribution in [2.24, 2.45) is 0 Å². The van der Waals surface area contributed by atoms with Crippen molar-refractivity contribution in [3.8, 4) is 17.1 Å². The molecule has 2 aromatic heterocycles. The second-order valence-electron chi connectivity index (χ2n) is 10.3. The van der Waals surface area contributed by atoms with E-state index in [-0.39, 0.29) is 5.54 Å². The largest absolute Gasteiger partial charge is 0.497 e. The Labute approximate surface area is 252 Å². The fourth-order valence-electron chi connectivity index (χ4n) is 5.01. The lowest BCUT2D eigenvalue weighted by molar-refractivity contribution is -0.193. The number of carbonyl (C=O) groups is 2. The maximum Gasteiger partial charge on any atom is 0.490 e. The molecule has 17 heteroatoms. The summed E-state index contributed by atoms with van der Waals surface area (Å²) in [4.78, 5) is 25.7. The summed E-state index contributed by atoms with van der Waals surface area (Å²) in [7, 11) is 3.90. The lowest BCUT2D eigenvalue weighted by atomic mass is 9.84. The third-order valence-electron chi connectivity index (χ3n) is 6.98. The molecule has 2 aliphatic rings. The number of piperidine rings is 1. The zero-order valence-electron chi connectivity index (χ0n) is 23.9. The lowest BCUT2D eigenvalue weighted by Crippen LogP contribution is -2.55. The lowest BCUT2D eigenvalue weighted by Gasteiger charge is -2.48. The molecule has 0 saturated carbocycles. The molecule has 1 spiro atoms. The number of carboxylic acids is 2. The van der Waals surface area contributed by atoms with Crippen LogP contribution in [-0.4, -0.2) is 92.9 Å². The number of rotatable bonds is 4. The number of aryl methyl sites for hydroxylation is 1. The molecular weight excluding hydrogens is 620 g/mol. The van der Waals surface area contributed by atoms with Gasteiger partial charge in [-0.2, -0.15) is 26.3 Å². The van der Waals surface area contributed by atoms with Crippen molar-refractivity contribution in [2.75, 3.05) is 33.8 Å². The number of carboxylic acid groups (broad SMARTS) is 2. The van der Waals surface area contributed by atoms with E-state index in [9.17, 15) is 26.3 Å². The van der Waals surface area contributed by atoms with Crippen LogP contribution in [0, 0.1) is 6.92 Å². The van der Waals surface area contributed by atoms with Gasteiger partial charge in [-0.1, -0.05) is 0 Å². The number of aromatic nitrogens is 3. The van der Waals surface area contributed by atoms with Gasteiger partial charge in [-0.25, -0.2) is 9.59 Å². The molecule has 3 aromatic rings. The topological polar surface area (TPSA) is 121 Å². The van der Waals surface area contributed by atoms with Crippen molar-refractivity contribution in [2.45, 2.75) is 50.7 Å². The Morgan fingerprint density at radius 2 is 1.50 bits per heavy atom. The molecule has 1 aromatic carbocycles. The van der Waals surface area contributed by atoms with E-state index in [1.807, 2.05) is 23.5 Å². The molecule has 0 unspecified atom stereocenters. The summed E-state index contributed by atoms with van der Waals surface area (Å²) in [5.74, 6) is -2.58. The Bertz CT molecular complexity index is 1390. The van der Waals surface area contributed by atoms with Gasteiger partial charge in [0.15, 0.2) is 5.82 Å². The van der Waals surface area contributed by atoms with Gasteiger partial charge in [0.05, 0.1) is 19.2 Å². The van der Waals surface area contributed by atoms with Crippen LogP contribution in [0.15, 0.2) is 36.4 Å². The van der Waals surface area contributed by atoms with Gasteiger partial charge < -0.3 is 19.5 Å². The number of ether oxygens (including phenoxy) is 1. The minimum Gasteiger partial charge on any atom is -0.497 e. The molecule has 0 atom stereocenters. The first-order valence-electron chi connectivity index (χ1n) is 13.1. The minimum atomic E-state index is -5.08. The first-order chi connectivity index (χ1) is 20.4. The first kappa shape index (κ1) is 34.8. The molecule has 2 N–H and O–H groups in total. The molecule has 0 bridgehead atoms. The number of fused-ring (bicyclic) bond motifs is 2. The minimum absolute atomic E-state index is 0.0585. The number of alkyl halides is 6. The Balaban J connectivity index is 0.000000317. The van der Waals surface area contributed by atoms with Crippen LogP contribution in [0.1, 0.15) is 28.4 Å². The van der Waals surface area contributed by atoms with Gasteiger partial charge in [0.25, 0.3) is 0 Å². The predicted octanol–water partition coefficient (Wildman–Crippen LogP) is 5.03. The van der Waals surface area contributed by atoms with Crippen molar-refractivity contribution in [3.05, 3.63) is 52.0 Å². The molecular formula is C27H31F6N5O5S. The maximum atomic E-state index is 10.6. The van der Waals surface area contributed by atoms with E-state index < -0.39 is 24.3 Å². The molecule has 2 aliphatic heterocycles. The Kier molecular flexibility index (Phi) is 11.0. The number of hydrogen-bond donors (Lipinski definition) is 2. The highest BCUT2D eigenvalue weighted by Gasteiger charge is 2.43. The van der Waals surface area contributed by atoms with E-state index in [4.69, 9.17) is 24.5 Å². The van der Waals surface area contributed by atoms with Crippen molar-refractivity contribution in [1.82, 2.24) is 24.6 Å². The van der Waals surface area contributed by atoms with Crippen LogP contribution in [0.2, 0.25) is 0 Å². The van der Waals surface area contributed by atoms with Crippen molar-refractivity contribution in [1.29, 1.82) is 0 Å². The van der Waals surface area contributed by atoms with E-state index in [0.717, 1.165) is 68.5 Å². The maximum absolute atomic E-state index is 10.6. The summed E-state index contributed by atoms with van der Waals surface area (Å²) < 4.78 is 71.3. The third-order valence-corrected chi connectivity index (χ3v) is 7.96. The Morgan fingerprint density at radius 1 is 0.955 bits per heavy atom. The molecule has 1 saturated heterocycles. The first-order valence-corrected chi connectivity index (χ1v) is 13.9. The van der Waals surface area contributed by atoms with E-state index in [1.165, 1.54) is 9.75 Å². The zero-order chi connectivity index (χ0) is 32.9. The van der Waals surface area contributed by atoms with Crippen LogP contribution in [0.3, 0.4) is 0 Å². The normalized spacial score (nSPS) is 16.7. The van der Waals surface area contributed by atoms with Gasteiger partial charge in [0.2, 0.25) is 0 Å². The van der Waals surface area contributed by atoms with Crippen molar-refractivity contribution in [3.63, 3.8) is 0 Å². The fraction of sp³-hybridized carbons (Fsp3) is 0.481. The van der Waals surface area contributed by atoms with Gasteiger partial charge >= 0.3 is 24.3 Å². The summed E-state index contributed by atoms with van der Waals surface area (Å²) in [5.41, 5.74) is 1.16. The molecule has 4 heterocycles. The summed E-state index contributed by atoms with van der Waals surface area (Å²) in [6.45, 7) is 7.35. The molecule has 0 amide bonds. The smallest absolute Gasteiger partial charge is 0.490 e. The average molecular weight is 652 g/mol. The van der Waals surface area contributed by atoms with Crippen LogP contribution in [0.4, 0.5) is 26.3 Å². The van der Waals surface area contributed by atoms with Crippen LogP contribution < -0.4 is 4.74 Å². The second-order valence-corrected chi connectivity index (χ2v) is 11.7. The summed E-state index contributed by atoms with van der Waals surface area (Å²) in [6.07, 6.45) is -7.92. The predicted molar refractivity (Wildman–Crippen MR) is 147 cm³/mol. The zero-order valence-corrected chi connectivity index (χ0v) is 24.8. The number of likely N-dealkylation sites (N-methyl/N-ethyl adjacent to an activating group) is 1. The molecule has 1 fully saturated rings. The summed E-state index contributed by atoms with van der Waals surface area (Å²) in [6, 6.07) is 12.7. The van der Waals surface area contributed by atoms with E-state index in [1.54, 1.807) is 7.11 Å². The second kappa shape index (κ2) is 13.9. The highest BCUT2D eigenvalue weighted by molar-refractivity contribution is 7.11. The number of nitrogens with zero attached hydrogens (tertiary/aromatic N) is 5. The van der Waals surface area contributed by atoms with Crippen LogP contribution >= 0.6 is 11.3 Å². The highest BCUT2D eigenvalue weighted by Crippen LogP contribution is 2.39. The van der Waals surface area contributed by atoms with Gasteiger partial charge in [0.1, 0.15) is 11.6 Å². The van der Waals surface area contributed by atoms with Crippen LogP contribution in [0.25, 0.3) is 11.4 Å². The number of aliphatic carboxylic acids is 2. The monoisotopic (exact) mass is 651 g/mol. The number of benzene rings is 1. The number of hydrogen-bond acceptors (Lipinski definition) is 8. The average Bonchev–Trinajstić information content (AvgIpc) is 3.56. The van der Waals surface area contributed by atoms with Crippen LogP contribution in [0.5, 0.6) is 5.75 Å². The third kappa shape index (κ3) is 8.92. The van der Waals surface area contributed by atoms with Crippen molar-refractivity contribution >= 4 is 23.3 Å². The van der Waals surface area contributed by atoms with Crippen molar-refractivity contribution < 1.29 is 50.9 Å². The van der Waals surface area contributed by atoms with Gasteiger partial charge in [-0.05, 0) is 63.2 Å². The highest BCUT2D eigenvalue weighted by atomic mass is 32.1. The number of likely N-dealkylation sites (tertiary alicyclic amines) is 1. The van der Waals surface area contributed by atoms with E-state index in [0.29, 0.717) is 0 Å². The number of thiophene rings is 1. The molecule has 242 valence electrons. The Morgan fingerprint density at radius 3 is 1.95 bits per heavy atom. The summed E-state index contributed by atoms with van der Waals surface area (Å²) in [5, 5.41) is 23.5.